The molecule has 0 aliphatic carbocycles. The van der Waals surface area contributed by atoms with Gasteiger partial charge in [0.05, 0.1) is 12.8 Å². The standard InChI is InChI=1S/C22H17NO/c1-24-22-19-15-9-8-14-18(19)20(16-10-4-2-5-11-16)21(23-22)17-12-6-3-7-13-17/h2-15H,1H3. The number of nitrogens with zero attached hydrogens (tertiary/aromatic N) is 1. The third-order valence-corrected chi connectivity index (χ3v) is 4.18. The summed E-state index contributed by atoms with van der Waals surface area (Å²) in [5, 5.41) is 2.17. The van der Waals surface area contributed by atoms with E-state index in [-0.39, 0.29) is 0 Å². The summed E-state index contributed by atoms with van der Waals surface area (Å²) in [6.45, 7) is 0. The zero-order chi connectivity index (χ0) is 16.4. The SMILES string of the molecule is COc1nc(-c2ccccc2)c(-c2ccccc2)c2ccccc12. The number of fused-ring (bicyclic) bond motifs is 1. The smallest absolute Gasteiger partial charge is 0.221 e. The van der Waals surface area contributed by atoms with E-state index in [1.807, 2.05) is 30.3 Å². The maximum Gasteiger partial charge on any atom is 0.221 e. The lowest BCUT2D eigenvalue weighted by Gasteiger charge is -2.15. The predicted molar refractivity (Wildman–Crippen MR) is 99.2 cm³/mol. The van der Waals surface area contributed by atoms with E-state index in [9.17, 15) is 0 Å². The van der Waals surface area contributed by atoms with E-state index in [1.54, 1.807) is 7.11 Å². The fourth-order valence-electron chi connectivity index (χ4n) is 3.09. The highest BCUT2D eigenvalue weighted by atomic mass is 16.5. The minimum absolute atomic E-state index is 0.657. The van der Waals surface area contributed by atoms with Crippen molar-refractivity contribution in [3.05, 3.63) is 84.9 Å². The van der Waals surface area contributed by atoms with Gasteiger partial charge in [0.15, 0.2) is 0 Å². The molecule has 3 aromatic carbocycles. The first kappa shape index (κ1) is 14.5. The minimum Gasteiger partial charge on any atom is -0.481 e. The van der Waals surface area contributed by atoms with Crippen LogP contribution in [-0.4, -0.2) is 12.1 Å². The number of hydrogen-bond donors (Lipinski definition) is 0. The molecule has 4 rings (SSSR count). The third-order valence-electron chi connectivity index (χ3n) is 4.18. The van der Waals surface area contributed by atoms with Crippen molar-refractivity contribution >= 4 is 10.8 Å². The van der Waals surface area contributed by atoms with Crippen LogP contribution in [0, 0.1) is 0 Å². The lowest BCUT2D eigenvalue weighted by atomic mass is 9.94. The first-order valence-corrected chi connectivity index (χ1v) is 7.96. The second-order valence-corrected chi connectivity index (χ2v) is 5.62. The first-order chi connectivity index (χ1) is 11.9. The summed E-state index contributed by atoms with van der Waals surface area (Å²) >= 11 is 0. The van der Waals surface area contributed by atoms with E-state index in [4.69, 9.17) is 9.72 Å². The molecular weight excluding hydrogens is 294 g/mol. The fraction of sp³-hybridized carbons (Fsp3) is 0.0455. The molecule has 4 aromatic rings. The Bertz CT molecular complexity index is 979. The number of ether oxygens (including phenoxy) is 1. The van der Waals surface area contributed by atoms with Gasteiger partial charge in [0.1, 0.15) is 0 Å². The van der Waals surface area contributed by atoms with E-state index < -0.39 is 0 Å². The van der Waals surface area contributed by atoms with Crippen molar-refractivity contribution < 1.29 is 4.74 Å². The van der Waals surface area contributed by atoms with E-state index >= 15 is 0 Å². The third kappa shape index (κ3) is 2.42. The summed E-state index contributed by atoms with van der Waals surface area (Å²) in [7, 11) is 1.67. The Labute approximate surface area is 141 Å². The van der Waals surface area contributed by atoms with Crippen LogP contribution in [0.15, 0.2) is 84.9 Å². The second kappa shape index (κ2) is 6.17. The molecule has 0 spiro atoms. The molecule has 0 bridgehead atoms. The zero-order valence-corrected chi connectivity index (χ0v) is 13.4. The molecular formula is C22H17NO. The number of hydrogen-bond acceptors (Lipinski definition) is 2. The van der Waals surface area contributed by atoms with Gasteiger partial charge in [0.2, 0.25) is 5.88 Å². The summed E-state index contributed by atoms with van der Waals surface area (Å²) in [5.41, 5.74) is 4.32. The Hall–Kier alpha value is -3.13. The zero-order valence-electron chi connectivity index (χ0n) is 13.4. The van der Waals surface area contributed by atoms with Gasteiger partial charge in [-0.3, -0.25) is 0 Å². The molecule has 1 heterocycles. The lowest BCUT2D eigenvalue weighted by molar-refractivity contribution is 0.404. The number of aromatic nitrogens is 1. The summed E-state index contributed by atoms with van der Waals surface area (Å²) in [5.74, 6) is 0.657. The quantitative estimate of drug-likeness (QED) is 0.493. The second-order valence-electron chi connectivity index (χ2n) is 5.62. The highest BCUT2D eigenvalue weighted by Crippen LogP contribution is 2.39. The van der Waals surface area contributed by atoms with Crippen LogP contribution in [-0.2, 0) is 0 Å². The van der Waals surface area contributed by atoms with Gasteiger partial charge in [-0.15, -0.1) is 0 Å². The van der Waals surface area contributed by atoms with Gasteiger partial charge in [-0.2, -0.15) is 0 Å². The van der Waals surface area contributed by atoms with E-state index in [0.717, 1.165) is 33.2 Å². The molecule has 0 amide bonds. The van der Waals surface area contributed by atoms with Gasteiger partial charge in [0.25, 0.3) is 0 Å². The van der Waals surface area contributed by atoms with Gasteiger partial charge < -0.3 is 4.74 Å². The average Bonchev–Trinajstić information content (AvgIpc) is 2.68. The predicted octanol–water partition coefficient (Wildman–Crippen LogP) is 5.58. The van der Waals surface area contributed by atoms with Gasteiger partial charge in [-0.1, -0.05) is 78.9 Å². The molecule has 0 atom stereocenters. The van der Waals surface area contributed by atoms with Crippen LogP contribution in [0.1, 0.15) is 0 Å². The highest BCUT2D eigenvalue weighted by Gasteiger charge is 2.16. The Morgan fingerprint density at radius 2 is 1.17 bits per heavy atom. The van der Waals surface area contributed by atoms with Gasteiger partial charge in [-0.25, -0.2) is 4.98 Å². The van der Waals surface area contributed by atoms with Gasteiger partial charge in [0, 0.05) is 16.5 Å². The van der Waals surface area contributed by atoms with Crippen molar-refractivity contribution in [3.63, 3.8) is 0 Å². The number of benzene rings is 3. The Kier molecular flexibility index (Phi) is 3.72. The van der Waals surface area contributed by atoms with Crippen molar-refractivity contribution in [2.24, 2.45) is 0 Å². The highest BCUT2D eigenvalue weighted by molar-refractivity contribution is 6.04. The van der Waals surface area contributed by atoms with Crippen molar-refractivity contribution in [2.45, 2.75) is 0 Å². The average molecular weight is 311 g/mol. The molecule has 1 aromatic heterocycles. The molecule has 0 saturated carbocycles. The molecule has 0 unspecified atom stereocenters. The molecule has 0 radical (unpaired) electrons. The minimum atomic E-state index is 0.657. The number of pyridine rings is 1. The Morgan fingerprint density at radius 1 is 0.625 bits per heavy atom. The molecule has 116 valence electrons. The topological polar surface area (TPSA) is 22.1 Å². The van der Waals surface area contributed by atoms with Crippen molar-refractivity contribution in [1.82, 2.24) is 4.98 Å². The molecule has 0 saturated heterocycles. The molecule has 0 fully saturated rings. The maximum absolute atomic E-state index is 5.57. The van der Waals surface area contributed by atoms with Crippen LogP contribution < -0.4 is 4.74 Å². The van der Waals surface area contributed by atoms with Gasteiger partial charge >= 0.3 is 0 Å². The summed E-state index contributed by atoms with van der Waals surface area (Å²) in [6, 6.07) is 28.9. The molecule has 2 heteroatoms. The first-order valence-electron chi connectivity index (χ1n) is 7.96. The van der Waals surface area contributed by atoms with Crippen LogP contribution in [0.4, 0.5) is 0 Å². The van der Waals surface area contributed by atoms with Crippen molar-refractivity contribution in [3.8, 4) is 28.3 Å². The molecule has 0 aliphatic heterocycles. The van der Waals surface area contributed by atoms with E-state index in [2.05, 4.69) is 54.6 Å². The largest absolute Gasteiger partial charge is 0.481 e. The number of methoxy groups -OCH3 is 1. The van der Waals surface area contributed by atoms with Crippen LogP contribution in [0.2, 0.25) is 0 Å². The maximum atomic E-state index is 5.57. The fourth-order valence-corrected chi connectivity index (χ4v) is 3.09. The van der Waals surface area contributed by atoms with Crippen LogP contribution in [0.25, 0.3) is 33.2 Å². The van der Waals surface area contributed by atoms with Crippen LogP contribution in [0.5, 0.6) is 5.88 Å². The molecule has 24 heavy (non-hydrogen) atoms. The normalized spacial score (nSPS) is 10.7. The molecule has 2 nitrogen and oxygen atoms in total. The lowest BCUT2D eigenvalue weighted by Crippen LogP contribution is -1.96. The van der Waals surface area contributed by atoms with E-state index in [1.165, 1.54) is 0 Å². The van der Waals surface area contributed by atoms with E-state index in [0.29, 0.717) is 5.88 Å². The Morgan fingerprint density at radius 3 is 1.79 bits per heavy atom. The summed E-state index contributed by atoms with van der Waals surface area (Å²) in [4.78, 5) is 4.84. The number of rotatable bonds is 3. The monoisotopic (exact) mass is 311 g/mol. The summed E-state index contributed by atoms with van der Waals surface area (Å²) in [6.07, 6.45) is 0. The van der Waals surface area contributed by atoms with Crippen LogP contribution in [0.3, 0.4) is 0 Å². The molecule has 0 aliphatic rings. The van der Waals surface area contributed by atoms with Crippen LogP contribution >= 0.6 is 0 Å². The molecule has 0 N–H and O–H groups in total. The van der Waals surface area contributed by atoms with Crippen molar-refractivity contribution in [2.75, 3.05) is 7.11 Å². The summed E-state index contributed by atoms with van der Waals surface area (Å²) < 4.78 is 5.57. The Balaban J connectivity index is 2.14. The van der Waals surface area contributed by atoms with Gasteiger partial charge in [-0.05, 0) is 17.0 Å². The van der Waals surface area contributed by atoms with Crippen molar-refractivity contribution in [1.29, 1.82) is 0 Å².